The van der Waals surface area contributed by atoms with Gasteiger partial charge in [-0.3, -0.25) is 0 Å². The molecule has 0 saturated heterocycles. The topological polar surface area (TPSA) is 0 Å². The Morgan fingerprint density at radius 3 is 1.88 bits per heavy atom. The van der Waals surface area contributed by atoms with Crippen LogP contribution >= 0.6 is 0 Å². The highest BCUT2D eigenvalue weighted by molar-refractivity contribution is 5.43. The molecule has 0 bridgehead atoms. The Morgan fingerprint density at radius 2 is 1.41 bits per heavy atom. The summed E-state index contributed by atoms with van der Waals surface area (Å²) in [6.45, 7) is 14.0. The molecular formula is C17H29. The van der Waals surface area contributed by atoms with Gasteiger partial charge in [-0.15, -0.1) is 0 Å². The molecule has 0 fully saturated rings. The van der Waals surface area contributed by atoms with Crippen molar-refractivity contribution in [1.29, 1.82) is 0 Å². The SMILES string of the molecule is CCC(C)C1=[C]CC(C(C)CC)=C1C(C)CC. The molecule has 3 atom stereocenters. The minimum Gasteiger partial charge on any atom is -0.0648 e. The van der Waals surface area contributed by atoms with E-state index in [4.69, 9.17) is 0 Å². The molecular weight excluding hydrogens is 204 g/mol. The molecule has 1 rings (SSSR count). The van der Waals surface area contributed by atoms with Crippen LogP contribution in [0.5, 0.6) is 0 Å². The van der Waals surface area contributed by atoms with Crippen molar-refractivity contribution in [3.05, 3.63) is 22.8 Å². The van der Waals surface area contributed by atoms with Gasteiger partial charge < -0.3 is 0 Å². The fourth-order valence-electron chi connectivity index (χ4n) is 2.67. The molecule has 0 heteroatoms. The van der Waals surface area contributed by atoms with Crippen LogP contribution in [0.2, 0.25) is 0 Å². The average molecular weight is 233 g/mol. The number of hydrogen-bond donors (Lipinski definition) is 0. The zero-order valence-electron chi connectivity index (χ0n) is 12.6. The van der Waals surface area contributed by atoms with Gasteiger partial charge in [0.05, 0.1) is 0 Å². The molecule has 0 N–H and O–H groups in total. The van der Waals surface area contributed by atoms with Crippen LogP contribution in [0.3, 0.4) is 0 Å². The van der Waals surface area contributed by atoms with Crippen LogP contribution < -0.4 is 0 Å². The summed E-state index contributed by atoms with van der Waals surface area (Å²) in [5.41, 5.74) is 4.88. The molecule has 0 aromatic carbocycles. The second-order valence-corrected chi connectivity index (χ2v) is 5.63. The maximum Gasteiger partial charge on any atom is -0.00525 e. The monoisotopic (exact) mass is 233 g/mol. The lowest BCUT2D eigenvalue weighted by atomic mass is 9.82. The summed E-state index contributed by atoms with van der Waals surface area (Å²) in [5.74, 6) is 2.12. The first-order valence-corrected chi connectivity index (χ1v) is 7.40. The highest BCUT2D eigenvalue weighted by atomic mass is 14.3. The van der Waals surface area contributed by atoms with E-state index in [9.17, 15) is 0 Å². The maximum atomic E-state index is 3.68. The summed E-state index contributed by atoms with van der Waals surface area (Å²) in [4.78, 5) is 0. The van der Waals surface area contributed by atoms with Crippen molar-refractivity contribution in [3.8, 4) is 0 Å². The lowest BCUT2D eigenvalue weighted by molar-refractivity contribution is 0.576. The average Bonchev–Trinajstić information content (AvgIpc) is 2.80. The molecule has 0 amide bonds. The first-order chi connectivity index (χ1) is 8.06. The molecule has 17 heavy (non-hydrogen) atoms. The largest absolute Gasteiger partial charge is 0.0648 e. The third kappa shape index (κ3) is 3.03. The fraction of sp³-hybridized carbons (Fsp3) is 0.765. The van der Waals surface area contributed by atoms with E-state index in [0.29, 0.717) is 11.8 Å². The van der Waals surface area contributed by atoms with Crippen LogP contribution in [-0.4, -0.2) is 0 Å². The first-order valence-electron chi connectivity index (χ1n) is 7.40. The normalized spacial score (nSPS) is 21.4. The van der Waals surface area contributed by atoms with Crippen LogP contribution in [0.1, 0.15) is 67.2 Å². The second kappa shape index (κ2) is 6.42. The van der Waals surface area contributed by atoms with Gasteiger partial charge in [0.1, 0.15) is 0 Å². The van der Waals surface area contributed by atoms with E-state index in [-0.39, 0.29) is 0 Å². The second-order valence-electron chi connectivity index (χ2n) is 5.63. The molecule has 1 radical (unpaired) electrons. The van der Waals surface area contributed by atoms with E-state index in [1.54, 1.807) is 11.1 Å². The standard InChI is InChI=1S/C17H29/c1-7-12(4)15-10-11-16(13(5)8-2)17(15)14(6)9-3/h12-14H,7-10H2,1-6H3. The van der Waals surface area contributed by atoms with Crippen LogP contribution in [0.15, 0.2) is 16.7 Å². The molecule has 0 saturated carbocycles. The van der Waals surface area contributed by atoms with E-state index >= 15 is 0 Å². The van der Waals surface area contributed by atoms with E-state index in [1.165, 1.54) is 24.8 Å². The predicted molar refractivity (Wildman–Crippen MR) is 76.8 cm³/mol. The maximum absolute atomic E-state index is 3.68. The van der Waals surface area contributed by atoms with Crippen LogP contribution in [0.25, 0.3) is 0 Å². The van der Waals surface area contributed by atoms with E-state index in [2.05, 4.69) is 47.6 Å². The summed E-state index contributed by atoms with van der Waals surface area (Å²) in [7, 11) is 0. The lowest BCUT2D eigenvalue weighted by Gasteiger charge is -2.23. The molecule has 1 aliphatic rings. The summed E-state index contributed by atoms with van der Waals surface area (Å²) < 4.78 is 0. The quantitative estimate of drug-likeness (QED) is 0.564. The summed E-state index contributed by atoms with van der Waals surface area (Å²) >= 11 is 0. The summed E-state index contributed by atoms with van der Waals surface area (Å²) in [6.07, 6.45) is 8.51. The van der Waals surface area contributed by atoms with E-state index < -0.39 is 0 Å². The van der Waals surface area contributed by atoms with Gasteiger partial charge in [-0.05, 0) is 60.7 Å². The molecule has 1 aliphatic carbocycles. The van der Waals surface area contributed by atoms with Gasteiger partial charge >= 0.3 is 0 Å². The van der Waals surface area contributed by atoms with Gasteiger partial charge in [0.15, 0.2) is 0 Å². The van der Waals surface area contributed by atoms with Gasteiger partial charge in [0, 0.05) is 0 Å². The molecule has 0 aliphatic heterocycles. The van der Waals surface area contributed by atoms with Crippen molar-refractivity contribution in [2.24, 2.45) is 17.8 Å². The van der Waals surface area contributed by atoms with Crippen LogP contribution in [0, 0.1) is 23.8 Å². The lowest BCUT2D eigenvalue weighted by Crippen LogP contribution is -2.10. The molecule has 0 spiro atoms. The van der Waals surface area contributed by atoms with Crippen LogP contribution in [-0.2, 0) is 0 Å². The van der Waals surface area contributed by atoms with Gasteiger partial charge in [0.2, 0.25) is 0 Å². The van der Waals surface area contributed by atoms with Gasteiger partial charge in [-0.25, -0.2) is 0 Å². The minimum absolute atomic E-state index is 0.681. The summed E-state index contributed by atoms with van der Waals surface area (Å²) in [5, 5.41) is 0. The Morgan fingerprint density at radius 1 is 0.882 bits per heavy atom. The smallest absolute Gasteiger partial charge is 0.00525 e. The van der Waals surface area contributed by atoms with Crippen molar-refractivity contribution >= 4 is 0 Å². The Kier molecular flexibility index (Phi) is 5.49. The van der Waals surface area contributed by atoms with E-state index in [0.717, 1.165) is 12.3 Å². The molecule has 97 valence electrons. The molecule has 3 unspecified atom stereocenters. The third-order valence-corrected chi connectivity index (χ3v) is 4.52. The number of rotatable bonds is 6. The van der Waals surface area contributed by atoms with Crippen molar-refractivity contribution in [1.82, 2.24) is 0 Å². The van der Waals surface area contributed by atoms with Gasteiger partial charge in [-0.2, -0.15) is 0 Å². The molecule has 0 heterocycles. The van der Waals surface area contributed by atoms with Gasteiger partial charge in [0.25, 0.3) is 0 Å². The molecule has 0 aromatic rings. The minimum atomic E-state index is 0.681. The predicted octanol–water partition coefficient (Wildman–Crippen LogP) is 5.55. The zero-order chi connectivity index (χ0) is 13.0. The molecule has 0 aromatic heterocycles. The van der Waals surface area contributed by atoms with Gasteiger partial charge in [-0.1, -0.05) is 47.1 Å². The highest BCUT2D eigenvalue weighted by Gasteiger charge is 2.26. The molecule has 0 nitrogen and oxygen atoms in total. The summed E-state index contributed by atoms with van der Waals surface area (Å²) in [6, 6.07) is 0. The Labute approximate surface area is 108 Å². The highest BCUT2D eigenvalue weighted by Crippen LogP contribution is 2.41. The van der Waals surface area contributed by atoms with E-state index in [1.807, 2.05) is 0 Å². The zero-order valence-corrected chi connectivity index (χ0v) is 12.6. The van der Waals surface area contributed by atoms with Crippen molar-refractivity contribution < 1.29 is 0 Å². The Hall–Kier alpha value is -0.520. The Balaban J connectivity index is 3.06. The third-order valence-electron chi connectivity index (χ3n) is 4.52. The van der Waals surface area contributed by atoms with Crippen molar-refractivity contribution in [3.63, 3.8) is 0 Å². The number of allylic oxidation sites excluding steroid dienone is 4. The van der Waals surface area contributed by atoms with Crippen molar-refractivity contribution in [2.75, 3.05) is 0 Å². The van der Waals surface area contributed by atoms with Crippen molar-refractivity contribution in [2.45, 2.75) is 67.2 Å². The Bertz CT molecular complexity index is 306. The first kappa shape index (κ1) is 14.5. The fourth-order valence-corrected chi connectivity index (χ4v) is 2.67. The van der Waals surface area contributed by atoms with Crippen LogP contribution in [0.4, 0.5) is 0 Å². The number of hydrogen-bond acceptors (Lipinski definition) is 0.